The molecule has 6 nitrogen and oxygen atoms in total. The Morgan fingerprint density at radius 1 is 1.90 bits per heavy atom. The van der Waals surface area contributed by atoms with E-state index >= 15 is 0 Å². The number of carbonyl (C=O) groups is 1. The van der Waals surface area contributed by atoms with Crippen LogP contribution in [0.15, 0.2) is 5.16 Å². The largest absolute Gasteiger partial charge is 0.450 e. The topological polar surface area (TPSA) is 102 Å². The molecule has 0 aliphatic heterocycles. The van der Waals surface area contributed by atoms with Crippen molar-refractivity contribution in [2.75, 3.05) is 6.61 Å². The maximum Gasteiger partial charge on any atom is 0.404 e. The lowest BCUT2D eigenvalue weighted by Gasteiger charge is -1.89. The summed E-state index contributed by atoms with van der Waals surface area (Å²) in [5.41, 5.74) is 4.54. The van der Waals surface area contributed by atoms with Gasteiger partial charge in [0.25, 0.3) is 6.08 Å². The Morgan fingerprint density at radius 2 is 2.30 bits per heavy atom. The van der Waals surface area contributed by atoms with Gasteiger partial charge in [0.1, 0.15) is 0 Å². The summed E-state index contributed by atoms with van der Waals surface area (Å²) in [6, 6.07) is 0. The first-order valence-electron chi connectivity index (χ1n) is 2.32. The number of hydrogen-bond acceptors (Lipinski definition) is 5. The van der Waals surface area contributed by atoms with Gasteiger partial charge >= 0.3 is 6.09 Å². The minimum Gasteiger partial charge on any atom is -0.450 e. The number of rotatable bonds is 1. The standard InChI is InChI=1S/C3H7NO2.CHNO2/c1-2-6-3(4)5;3-1-2-4/h2H2,1H3,(H2,4,5);4H. The highest BCUT2D eigenvalue weighted by Crippen LogP contribution is 1.66. The van der Waals surface area contributed by atoms with E-state index in [1.165, 1.54) is 0 Å². The van der Waals surface area contributed by atoms with E-state index < -0.39 is 6.09 Å². The van der Waals surface area contributed by atoms with Crippen molar-refractivity contribution < 1.29 is 19.5 Å². The highest BCUT2D eigenvalue weighted by Gasteiger charge is 1.82. The van der Waals surface area contributed by atoms with Crippen LogP contribution in [0.5, 0.6) is 0 Å². The summed E-state index contributed by atoms with van der Waals surface area (Å²) in [6.07, 6.45) is 0.150. The number of hydrogen-bond donors (Lipinski definition) is 2. The lowest BCUT2D eigenvalue weighted by molar-refractivity contribution is 0.163. The lowest BCUT2D eigenvalue weighted by atomic mass is 10.9. The highest BCUT2D eigenvalue weighted by molar-refractivity contribution is 5.64. The molecule has 10 heavy (non-hydrogen) atoms. The van der Waals surface area contributed by atoms with E-state index in [0.29, 0.717) is 6.61 Å². The second-order valence-corrected chi connectivity index (χ2v) is 0.943. The fourth-order valence-corrected chi connectivity index (χ4v) is 0.142. The average molecular weight is 148 g/mol. The quantitative estimate of drug-likeness (QED) is 0.233. The number of isocyanates is 1. The first-order valence-corrected chi connectivity index (χ1v) is 2.32. The molecule has 0 aliphatic rings. The molecule has 0 saturated heterocycles. The first-order chi connectivity index (χ1) is 4.68. The normalized spacial score (nSPS) is 6.10. The molecule has 1 amide bonds. The van der Waals surface area contributed by atoms with Crippen LogP contribution in [0.1, 0.15) is 6.92 Å². The molecular formula is C4H8N2O4. The van der Waals surface area contributed by atoms with Crippen molar-refractivity contribution in [2.24, 2.45) is 10.9 Å². The van der Waals surface area contributed by atoms with Crippen LogP contribution in [0.2, 0.25) is 0 Å². The third kappa shape index (κ3) is 31.9. The predicted molar refractivity (Wildman–Crippen MR) is 31.1 cm³/mol. The van der Waals surface area contributed by atoms with Crippen molar-refractivity contribution in [1.29, 1.82) is 0 Å². The van der Waals surface area contributed by atoms with E-state index in [2.05, 4.69) is 10.5 Å². The van der Waals surface area contributed by atoms with Crippen LogP contribution >= 0.6 is 0 Å². The van der Waals surface area contributed by atoms with Crippen molar-refractivity contribution in [3.05, 3.63) is 0 Å². The SMILES string of the molecule is CCOC(N)=O.O=C=NO. The predicted octanol–water partition coefficient (Wildman–Crippen LogP) is -0.187. The average Bonchev–Trinajstić information content (AvgIpc) is 1.89. The van der Waals surface area contributed by atoms with Crippen LogP contribution in [-0.4, -0.2) is 24.0 Å². The molecule has 0 fully saturated rings. The Hall–Kier alpha value is -1.55. The molecule has 0 rings (SSSR count). The monoisotopic (exact) mass is 148 g/mol. The molecule has 0 saturated carbocycles. The molecule has 0 spiro atoms. The second kappa shape index (κ2) is 10.4. The van der Waals surface area contributed by atoms with Crippen LogP contribution in [-0.2, 0) is 9.53 Å². The van der Waals surface area contributed by atoms with E-state index in [-0.39, 0.29) is 0 Å². The van der Waals surface area contributed by atoms with Gasteiger partial charge in [0.2, 0.25) is 0 Å². The minimum absolute atomic E-state index is 0.356. The van der Waals surface area contributed by atoms with Gasteiger partial charge in [0.15, 0.2) is 0 Å². The zero-order chi connectivity index (χ0) is 8.41. The molecule has 0 aromatic rings. The molecule has 6 heteroatoms. The summed E-state index contributed by atoms with van der Waals surface area (Å²) in [5, 5.41) is 9.01. The number of nitrogens with two attached hydrogens (primary N) is 1. The molecule has 0 heterocycles. The van der Waals surface area contributed by atoms with Crippen LogP contribution < -0.4 is 5.73 Å². The molecule has 0 bridgehead atoms. The van der Waals surface area contributed by atoms with E-state index in [4.69, 9.17) is 10.0 Å². The van der Waals surface area contributed by atoms with Gasteiger partial charge in [0, 0.05) is 5.16 Å². The number of nitrogens with zero attached hydrogens (tertiary/aromatic N) is 1. The van der Waals surface area contributed by atoms with Crippen LogP contribution in [0, 0.1) is 0 Å². The van der Waals surface area contributed by atoms with Gasteiger partial charge in [-0.2, -0.15) is 0 Å². The maximum atomic E-state index is 9.60. The van der Waals surface area contributed by atoms with Crippen molar-refractivity contribution >= 4 is 12.2 Å². The Balaban J connectivity index is 0. The summed E-state index contributed by atoms with van der Waals surface area (Å²) >= 11 is 0. The van der Waals surface area contributed by atoms with Crippen molar-refractivity contribution in [2.45, 2.75) is 6.92 Å². The molecule has 0 unspecified atom stereocenters. The van der Waals surface area contributed by atoms with Gasteiger partial charge in [-0.3, -0.25) is 0 Å². The lowest BCUT2D eigenvalue weighted by Crippen LogP contribution is -2.11. The van der Waals surface area contributed by atoms with Gasteiger partial charge in [-0.25, -0.2) is 9.59 Å². The summed E-state index contributed by atoms with van der Waals surface area (Å²) < 4.78 is 4.18. The number of amides is 1. The van der Waals surface area contributed by atoms with E-state index in [1.807, 2.05) is 5.16 Å². The summed E-state index contributed by atoms with van der Waals surface area (Å²) in [5.74, 6) is 0. The summed E-state index contributed by atoms with van der Waals surface area (Å²) in [6.45, 7) is 2.06. The Kier molecular flexibility index (Phi) is 11.8. The highest BCUT2D eigenvalue weighted by atomic mass is 16.5. The van der Waals surface area contributed by atoms with Gasteiger partial charge in [-0.15, -0.1) is 0 Å². The van der Waals surface area contributed by atoms with Crippen molar-refractivity contribution in [3.8, 4) is 0 Å². The van der Waals surface area contributed by atoms with Crippen LogP contribution in [0.3, 0.4) is 0 Å². The van der Waals surface area contributed by atoms with Gasteiger partial charge < -0.3 is 15.7 Å². The van der Waals surface area contributed by atoms with Crippen LogP contribution in [0.4, 0.5) is 4.79 Å². The Bertz CT molecular complexity index is 129. The number of ether oxygens (including phenoxy) is 1. The van der Waals surface area contributed by atoms with Gasteiger partial charge in [-0.1, -0.05) is 0 Å². The smallest absolute Gasteiger partial charge is 0.404 e. The molecule has 0 aromatic carbocycles. The van der Waals surface area contributed by atoms with Crippen molar-refractivity contribution in [1.82, 2.24) is 0 Å². The van der Waals surface area contributed by atoms with Gasteiger partial charge in [0.05, 0.1) is 6.61 Å². The molecule has 0 aromatic heterocycles. The fourth-order valence-electron chi connectivity index (χ4n) is 0.142. The molecule has 3 N–H and O–H groups in total. The maximum absolute atomic E-state index is 9.60. The molecular weight excluding hydrogens is 140 g/mol. The first kappa shape index (κ1) is 11.3. The second-order valence-electron chi connectivity index (χ2n) is 0.943. The zero-order valence-corrected chi connectivity index (χ0v) is 5.40. The molecule has 0 aliphatic carbocycles. The minimum atomic E-state index is -0.711. The van der Waals surface area contributed by atoms with Gasteiger partial charge in [-0.05, 0) is 6.92 Å². The van der Waals surface area contributed by atoms with E-state index in [9.17, 15) is 4.79 Å². The molecule has 58 valence electrons. The van der Waals surface area contributed by atoms with Crippen LogP contribution in [0.25, 0.3) is 0 Å². The van der Waals surface area contributed by atoms with E-state index in [1.54, 1.807) is 6.92 Å². The molecule has 0 atom stereocenters. The third-order valence-corrected chi connectivity index (χ3v) is 0.327. The zero-order valence-electron chi connectivity index (χ0n) is 5.40. The number of carbonyl (C=O) groups excluding carboxylic acids is 2. The molecule has 0 radical (unpaired) electrons. The van der Waals surface area contributed by atoms with E-state index in [0.717, 1.165) is 6.08 Å². The number of primary amides is 1. The Morgan fingerprint density at radius 3 is 2.30 bits per heavy atom. The fraction of sp³-hybridized carbons (Fsp3) is 0.500. The third-order valence-electron chi connectivity index (χ3n) is 0.327. The summed E-state index contributed by atoms with van der Waals surface area (Å²) in [4.78, 5) is 18.2. The van der Waals surface area contributed by atoms with Crippen molar-refractivity contribution in [3.63, 3.8) is 0 Å². The summed E-state index contributed by atoms with van der Waals surface area (Å²) in [7, 11) is 0. The Labute approximate surface area is 57.3 Å².